The van der Waals surface area contributed by atoms with Gasteiger partial charge in [0, 0.05) is 6.92 Å². The molecule has 6 heteroatoms. The first-order valence-corrected chi connectivity index (χ1v) is 5.29. The second-order valence-corrected chi connectivity index (χ2v) is 4.42. The quantitative estimate of drug-likeness (QED) is 0.369. The van der Waals surface area contributed by atoms with Crippen molar-refractivity contribution in [3.8, 4) is 0 Å². The maximum Gasteiger partial charge on any atom is 0.321 e. The lowest BCUT2D eigenvalue weighted by molar-refractivity contribution is -0.163. The Morgan fingerprint density at radius 3 is 2.94 bits per heavy atom. The Morgan fingerprint density at radius 2 is 2.24 bits per heavy atom. The monoisotopic (exact) mass is 238 g/mol. The second kappa shape index (κ2) is 3.16. The molecule has 0 aliphatic carbocycles. The van der Waals surface area contributed by atoms with E-state index >= 15 is 0 Å². The number of fused-ring (bicyclic) bond motifs is 5. The summed E-state index contributed by atoms with van der Waals surface area (Å²) < 4.78 is 15.1. The predicted molar refractivity (Wildman–Crippen MR) is 51.5 cm³/mol. The van der Waals surface area contributed by atoms with Gasteiger partial charge < -0.3 is 14.2 Å². The lowest BCUT2D eigenvalue weighted by Gasteiger charge is -2.26. The van der Waals surface area contributed by atoms with Gasteiger partial charge in [-0.3, -0.25) is 14.4 Å². The third-order valence-corrected chi connectivity index (χ3v) is 3.39. The Labute approximate surface area is 96.5 Å². The van der Waals surface area contributed by atoms with Crippen LogP contribution in [0.4, 0.5) is 0 Å². The van der Waals surface area contributed by atoms with Crippen molar-refractivity contribution in [1.29, 1.82) is 0 Å². The van der Waals surface area contributed by atoms with Crippen LogP contribution in [0.1, 0.15) is 6.92 Å². The van der Waals surface area contributed by atoms with Gasteiger partial charge in [0.15, 0.2) is 0 Å². The minimum atomic E-state index is -1.02. The summed E-state index contributed by atoms with van der Waals surface area (Å²) in [6.07, 6.45) is 2.95. The number of rotatable bonds is 2. The summed E-state index contributed by atoms with van der Waals surface area (Å²) >= 11 is 0. The van der Waals surface area contributed by atoms with Crippen LogP contribution in [-0.2, 0) is 28.6 Å². The molecule has 0 spiro atoms. The first-order chi connectivity index (χ1) is 8.03. The molecule has 2 saturated heterocycles. The van der Waals surface area contributed by atoms with Gasteiger partial charge in [0.1, 0.15) is 24.0 Å². The molecule has 3 aliphatic rings. The summed E-state index contributed by atoms with van der Waals surface area (Å²) in [7, 11) is 0. The minimum Gasteiger partial charge on any atom is -0.462 e. The first kappa shape index (κ1) is 10.5. The summed E-state index contributed by atoms with van der Waals surface area (Å²) in [4.78, 5) is 33.9. The van der Waals surface area contributed by atoms with Crippen molar-refractivity contribution in [2.75, 3.05) is 6.61 Å². The van der Waals surface area contributed by atoms with E-state index in [9.17, 15) is 14.4 Å². The summed E-state index contributed by atoms with van der Waals surface area (Å²) in [5, 5.41) is 0. The summed E-state index contributed by atoms with van der Waals surface area (Å²) in [5.74, 6) is -2.90. The van der Waals surface area contributed by atoms with Gasteiger partial charge in [0.25, 0.3) is 0 Å². The maximum atomic E-state index is 11.6. The van der Waals surface area contributed by atoms with Crippen LogP contribution in [0.25, 0.3) is 0 Å². The van der Waals surface area contributed by atoms with E-state index in [2.05, 4.69) is 4.74 Å². The number of hydrogen-bond donors (Lipinski definition) is 0. The van der Waals surface area contributed by atoms with E-state index in [0.29, 0.717) is 0 Å². The molecule has 17 heavy (non-hydrogen) atoms. The normalized spacial score (nSPS) is 41.6. The smallest absolute Gasteiger partial charge is 0.321 e. The van der Waals surface area contributed by atoms with Gasteiger partial charge in [-0.1, -0.05) is 6.08 Å². The minimum absolute atomic E-state index is 0.0706. The standard InChI is InChI=1S/C11H10O6/c1-5(12)15-4-11-3-2-6(17-11)7-8(11)10(14)16-9(7)13/h2-3,6-8H,4H2,1H3/t6-,7+,8+,11-/m0/s1. The van der Waals surface area contributed by atoms with E-state index in [1.807, 2.05) is 0 Å². The Hall–Kier alpha value is -1.69. The van der Waals surface area contributed by atoms with E-state index in [-0.39, 0.29) is 6.61 Å². The number of cyclic esters (lactones) is 2. The highest BCUT2D eigenvalue weighted by atomic mass is 16.6. The van der Waals surface area contributed by atoms with Crippen LogP contribution >= 0.6 is 0 Å². The lowest BCUT2D eigenvalue weighted by Crippen LogP contribution is -2.42. The molecule has 0 radical (unpaired) electrons. The number of ether oxygens (including phenoxy) is 3. The van der Waals surface area contributed by atoms with Gasteiger partial charge in [0.2, 0.25) is 0 Å². The average molecular weight is 238 g/mol. The number of carbonyl (C=O) groups excluding carboxylic acids is 3. The van der Waals surface area contributed by atoms with Crippen LogP contribution < -0.4 is 0 Å². The Bertz CT molecular complexity index is 453. The predicted octanol–water partition coefficient (Wildman–Crippen LogP) is -0.427. The molecule has 3 rings (SSSR count). The van der Waals surface area contributed by atoms with Gasteiger partial charge in [-0.25, -0.2) is 0 Å². The van der Waals surface area contributed by atoms with Gasteiger partial charge in [-0.05, 0) is 6.08 Å². The van der Waals surface area contributed by atoms with Gasteiger partial charge in [-0.2, -0.15) is 0 Å². The van der Waals surface area contributed by atoms with Crippen molar-refractivity contribution >= 4 is 17.9 Å². The highest BCUT2D eigenvalue weighted by molar-refractivity contribution is 5.99. The van der Waals surface area contributed by atoms with Crippen molar-refractivity contribution in [2.45, 2.75) is 18.6 Å². The largest absolute Gasteiger partial charge is 0.462 e. The van der Waals surface area contributed by atoms with Crippen molar-refractivity contribution in [2.24, 2.45) is 11.8 Å². The Morgan fingerprint density at radius 1 is 1.47 bits per heavy atom. The van der Waals surface area contributed by atoms with Crippen molar-refractivity contribution < 1.29 is 28.6 Å². The lowest BCUT2D eigenvalue weighted by atomic mass is 9.77. The third kappa shape index (κ3) is 1.27. The molecule has 2 fully saturated rings. The Kier molecular flexibility index (Phi) is 1.95. The molecule has 2 bridgehead atoms. The molecule has 0 aromatic rings. The highest BCUT2D eigenvalue weighted by Gasteiger charge is 2.67. The Balaban J connectivity index is 1.91. The van der Waals surface area contributed by atoms with E-state index in [0.717, 1.165) is 0 Å². The molecule has 0 unspecified atom stereocenters. The van der Waals surface area contributed by atoms with E-state index in [1.54, 1.807) is 12.2 Å². The number of carbonyl (C=O) groups is 3. The topological polar surface area (TPSA) is 78.9 Å². The van der Waals surface area contributed by atoms with Gasteiger partial charge in [0.05, 0.1) is 6.10 Å². The molecule has 3 aliphatic heterocycles. The van der Waals surface area contributed by atoms with E-state index < -0.39 is 41.4 Å². The molecular weight excluding hydrogens is 228 g/mol. The third-order valence-electron chi connectivity index (χ3n) is 3.39. The van der Waals surface area contributed by atoms with Crippen molar-refractivity contribution in [3.63, 3.8) is 0 Å². The summed E-state index contributed by atoms with van der Waals surface area (Å²) in [5.41, 5.74) is -1.02. The van der Waals surface area contributed by atoms with Crippen LogP contribution in [0.5, 0.6) is 0 Å². The molecule has 0 aromatic carbocycles. The molecular formula is C11H10O6. The van der Waals surface area contributed by atoms with Crippen molar-refractivity contribution in [1.82, 2.24) is 0 Å². The van der Waals surface area contributed by atoms with Crippen molar-refractivity contribution in [3.05, 3.63) is 12.2 Å². The molecule has 3 heterocycles. The maximum absolute atomic E-state index is 11.6. The van der Waals surface area contributed by atoms with Crippen LogP contribution in [0, 0.1) is 11.8 Å². The fourth-order valence-corrected chi connectivity index (χ4v) is 2.69. The van der Waals surface area contributed by atoms with E-state index in [1.165, 1.54) is 6.92 Å². The van der Waals surface area contributed by atoms with E-state index in [4.69, 9.17) is 9.47 Å². The summed E-state index contributed by atoms with van der Waals surface area (Å²) in [6, 6.07) is 0. The second-order valence-electron chi connectivity index (χ2n) is 4.42. The molecule has 4 atom stereocenters. The fraction of sp³-hybridized carbons (Fsp3) is 0.545. The van der Waals surface area contributed by atoms with Crippen LogP contribution in [0.3, 0.4) is 0 Å². The highest BCUT2D eigenvalue weighted by Crippen LogP contribution is 2.51. The SMILES string of the molecule is CC(=O)OC[C@]12C=C[C@H](O1)[C@H]1C(=O)OC(=O)[C@@H]12. The van der Waals surface area contributed by atoms with Crippen LogP contribution in [0.15, 0.2) is 12.2 Å². The number of esters is 3. The molecule has 0 amide bonds. The molecule has 0 saturated carbocycles. The molecule has 0 N–H and O–H groups in total. The van der Waals surface area contributed by atoms with Gasteiger partial charge in [-0.15, -0.1) is 0 Å². The fourth-order valence-electron chi connectivity index (χ4n) is 2.69. The number of hydrogen-bond acceptors (Lipinski definition) is 6. The zero-order chi connectivity index (χ0) is 12.2. The van der Waals surface area contributed by atoms with Crippen LogP contribution in [0.2, 0.25) is 0 Å². The van der Waals surface area contributed by atoms with Gasteiger partial charge >= 0.3 is 17.9 Å². The van der Waals surface area contributed by atoms with Crippen LogP contribution in [-0.4, -0.2) is 36.2 Å². The zero-order valence-electron chi connectivity index (χ0n) is 9.04. The molecule has 90 valence electrons. The molecule has 0 aromatic heterocycles. The summed E-state index contributed by atoms with van der Waals surface area (Å²) in [6.45, 7) is 1.20. The first-order valence-electron chi connectivity index (χ1n) is 5.29. The average Bonchev–Trinajstić information content (AvgIpc) is 2.88. The zero-order valence-corrected chi connectivity index (χ0v) is 9.04. The molecule has 6 nitrogen and oxygen atoms in total.